The van der Waals surface area contributed by atoms with E-state index < -0.39 is 0 Å². The normalized spacial score (nSPS) is 9.58. The van der Waals surface area contributed by atoms with Crippen molar-refractivity contribution in [3.8, 4) is 0 Å². The monoisotopic (exact) mass is 338 g/mol. The fraction of sp³-hybridized carbons (Fsp3) is 0.750. The summed E-state index contributed by atoms with van der Waals surface area (Å²) in [5.41, 5.74) is 3.70. The van der Waals surface area contributed by atoms with Crippen LogP contribution in [0.4, 0.5) is 0 Å². The number of hydrogen-bond donors (Lipinski definition) is 0. The van der Waals surface area contributed by atoms with Crippen molar-refractivity contribution in [3.63, 3.8) is 0 Å². The zero-order valence-electron chi connectivity index (χ0n) is 19.7. The lowest BCUT2D eigenvalue weighted by Gasteiger charge is -2.18. The van der Waals surface area contributed by atoms with Gasteiger partial charge in [0.25, 0.3) is 0 Å². The molecule has 0 amide bonds. The van der Waals surface area contributed by atoms with E-state index in [0.717, 1.165) is 6.42 Å². The highest BCUT2D eigenvalue weighted by atomic mass is 14.2. The molecule has 0 aromatic heterocycles. The van der Waals surface area contributed by atoms with Crippen LogP contribution in [0.5, 0.6) is 0 Å². The third-order valence-electron chi connectivity index (χ3n) is 1.82. The fourth-order valence-corrected chi connectivity index (χ4v) is 1.43. The fourth-order valence-electron chi connectivity index (χ4n) is 1.43. The summed E-state index contributed by atoms with van der Waals surface area (Å²) in [6, 6.07) is 8.76. The lowest BCUT2D eigenvalue weighted by atomic mass is 9.88. The van der Waals surface area contributed by atoms with E-state index in [1.807, 2.05) is 27.7 Å². The van der Waals surface area contributed by atoms with Crippen molar-refractivity contribution in [1.29, 1.82) is 0 Å². The third-order valence-corrected chi connectivity index (χ3v) is 1.82. The van der Waals surface area contributed by atoms with Gasteiger partial charge in [-0.25, -0.2) is 0 Å². The molecule has 1 aromatic carbocycles. The minimum Gasteiger partial charge on any atom is -0.0683 e. The quantitative estimate of drug-likeness (QED) is 0.479. The van der Waals surface area contributed by atoms with Gasteiger partial charge in [-0.15, -0.1) is 0 Å². The van der Waals surface area contributed by atoms with Crippen LogP contribution in [0, 0.1) is 17.8 Å². The molecular formula is C24H50. The van der Waals surface area contributed by atoms with Gasteiger partial charge < -0.3 is 0 Å². The molecule has 0 fully saturated rings. The minimum atomic E-state index is 0.397. The van der Waals surface area contributed by atoms with Crippen molar-refractivity contribution in [2.45, 2.75) is 110 Å². The van der Waals surface area contributed by atoms with Gasteiger partial charge in [-0.1, -0.05) is 126 Å². The first-order valence-corrected chi connectivity index (χ1v) is 9.94. The number of rotatable bonds is 1. The summed E-state index contributed by atoms with van der Waals surface area (Å²) in [6.45, 7) is 30.0. The number of aryl methyl sites for hydroxylation is 1. The molecule has 0 N–H and O–H groups in total. The van der Waals surface area contributed by atoms with E-state index in [9.17, 15) is 0 Å². The van der Waals surface area contributed by atoms with Crippen LogP contribution in [-0.4, -0.2) is 0 Å². The molecule has 0 unspecified atom stereocenters. The lowest BCUT2D eigenvalue weighted by molar-refractivity contribution is 0.411. The van der Waals surface area contributed by atoms with E-state index in [0.29, 0.717) is 10.8 Å². The van der Waals surface area contributed by atoms with E-state index in [4.69, 9.17) is 0 Å². The van der Waals surface area contributed by atoms with Crippen molar-refractivity contribution >= 4 is 0 Å². The van der Waals surface area contributed by atoms with Crippen LogP contribution in [-0.2, 0) is 6.42 Å². The van der Waals surface area contributed by atoms with E-state index in [1.165, 1.54) is 17.5 Å². The van der Waals surface area contributed by atoms with Gasteiger partial charge in [0, 0.05) is 0 Å². The summed E-state index contributed by atoms with van der Waals surface area (Å²) in [5.74, 6) is 0. The van der Waals surface area contributed by atoms with Gasteiger partial charge in [0.1, 0.15) is 0 Å². The first-order chi connectivity index (χ1) is 10.9. The van der Waals surface area contributed by atoms with E-state index in [-0.39, 0.29) is 0 Å². The second kappa shape index (κ2) is 18.6. The van der Waals surface area contributed by atoms with Crippen molar-refractivity contribution in [1.82, 2.24) is 0 Å². The molecule has 0 bridgehead atoms. The van der Waals surface area contributed by atoms with Crippen molar-refractivity contribution in [3.05, 3.63) is 35.4 Å². The first-order valence-electron chi connectivity index (χ1n) is 9.94. The topological polar surface area (TPSA) is 0 Å². The molecule has 0 heterocycles. The predicted octanol–water partition coefficient (Wildman–Crippen LogP) is 9.10. The second-order valence-electron chi connectivity index (χ2n) is 8.43. The average Bonchev–Trinajstić information content (AvgIpc) is 2.40. The summed E-state index contributed by atoms with van der Waals surface area (Å²) in [4.78, 5) is 0. The highest BCUT2D eigenvalue weighted by Gasteiger charge is 2.10. The molecule has 1 rings (SSSR count). The molecule has 0 heteroatoms. The van der Waals surface area contributed by atoms with Gasteiger partial charge in [-0.2, -0.15) is 0 Å². The van der Waals surface area contributed by atoms with Crippen molar-refractivity contribution in [2.75, 3.05) is 0 Å². The van der Waals surface area contributed by atoms with Crippen LogP contribution in [0.1, 0.15) is 108 Å². The largest absolute Gasteiger partial charge is 0.0683 e. The Morgan fingerprint density at radius 1 is 0.750 bits per heavy atom. The summed E-state index contributed by atoms with van der Waals surface area (Å²) in [6.07, 6.45) is 2.41. The van der Waals surface area contributed by atoms with Gasteiger partial charge in [0.2, 0.25) is 0 Å². The van der Waals surface area contributed by atoms with Crippen molar-refractivity contribution < 1.29 is 0 Å². The van der Waals surface area contributed by atoms with E-state index in [1.54, 1.807) is 0 Å². The Bertz CT molecular complexity index is 328. The van der Waals surface area contributed by atoms with Gasteiger partial charge in [0.05, 0.1) is 0 Å². The second-order valence-corrected chi connectivity index (χ2v) is 8.43. The molecule has 0 aliphatic rings. The molecule has 0 saturated heterocycles. The van der Waals surface area contributed by atoms with Crippen LogP contribution in [0.3, 0.4) is 0 Å². The Labute approximate surface area is 156 Å². The summed E-state index contributed by atoms with van der Waals surface area (Å²) in [5, 5.41) is 0. The maximum absolute atomic E-state index is 2.27. The third kappa shape index (κ3) is 42.9. The summed E-state index contributed by atoms with van der Waals surface area (Å²) in [7, 11) is 0. The molecule has 0 saturated carbocycles. The van der Waals surface area contributed by atoms with E-state index >= 15 is 0 Å². The van der Waals surface area contributed by atoms with Crippen LogP contribution >= 0.6 is 0 Å². The number of benzene rings is 1. The van der Waals surface area contributed by atoms with Gasteiger partial charge in [-0.05, 0) is 29.7 Å². The standard InChI is InChI=1S/C12H18.C5H12.C3H8.2C2H6/c1-10-6-5-7-11(8-10)9-12(2,3)4;1-5(2,3)4;1-3-2;2*1-2/h5-8H,9H2,1-4H3;1-4H3;3H2,1-2H3;2*1-2H3. The Kier molecular flexibility index (Phi) is 24.0. The maximum Gasteiger partial charge on any atom is -0.0230 e. The van der Waals surface area contributed by atoms with E-state index in [2.05, 4.69) is 93.5 Å². The zero-order valence-corrected chi connectivity index (χ0v) is 19.7. The lowest BCUT2D eigenvalue weighted by Crippen LogP contribution is -2.08. The Morgan fingerprint density at radius 2 is 1.08 bits per heavy atom. The molecule has 0 aliphatic heterocycles. The number of hydrogen-bond acceptors (Lipinski definition) is 0. The van der Waals surface area contributed by atoms with Crippen LogP contribution < -0.4 is 0 Å². The summed E-state index contributed by atoms with van der Waals surface area (Å²) < 4.78 is 0. The molecule has 0 atom stereocenters. The van der Waals surface area contributed by atoms with Crippen LogP contribution in [0.2, 0.25) is 0 Å². The van der Waals surface area contributed by atoms with Crippen LogP contribution in [0.25, 0.3) is 0 Å². The molecule has 0 nitrogen and oxygen atoms in total. The minimum absolute atomic E-state index is 0.397. The summed E-state index contributed by atoms with van der Waals surface area (Å²) >= 11 is 0. The van der Waals surface area contributed by atoms with Crippen molar-refractivity contribution in [2.24, 2.45) is 10.8 Å². The first kappa shape index (κ1) is 31.0. The smallest absolute Gasteiger partial charge is 0.0230 e. The molecule has 0 radical (unpaired) electrons. The van der Waals surface area contributed by atoms with Gasteiger partial charge in [-0.3, -0.25) is 0 Å². The molecule has 0 aliphatic carbocycles. The van der Waals surface area contributed by atoms with Gasteiger partial charge >= 0.3 is 0 Å². The molecule has 24 heavy (non-hydrogen) atoms. The van der Waals surface area contributed by atoms with Gasteiger partial charge in [0.15, 0.2) is 0 Å². The Morgan fingerprint density at radius 3 is 1.33 bits per heavy atom. The molecular weight excluding hydrogens is 288 g/mol. The molecule has 1 aromatic rings. The molecule has 0 spiro atoms. The average molecular weight is 339 g/mol. The Balaban J connectivity index is -0.000000140. The highest BCUT2D eigenvalue weighted by Crippen LogP contribution is 2.20. The predicted molar refractivity (Wildman–Crippen MR) is 118 cm³/mol. The molecule has 146 valence electrons. The SMILES string of the molecule is CC.CC.CC(C)(C)C.CCC.Cc1cccc(CC(C)(C)C)c1. The van der Waals surface area contributed by atoms with Crippen LogP contribution in [0.15, 0.2) is 24.3 Å². The maximum atomic E-state index is 2.27. The highest BCUT2D eigenvalue weighted by molar-refractivity contribution is 5.22. The zero-order chi connectivity index (χ0) is 20.4. The Hall–Kier alpha value is -0.780.